The third kappa shape index (κ3) is 8.37. The van der Waals surface area contributed by atoms with Crippen LogP contribution in [0.2, 0.25) is 0 Å². The van der Waals surface area contributed by atoms with Crippen molar-refractivity contribution in [3.05, 3.63) is 35.4 Å². The van der Waals surface area contributed by atoms with E-state index in [0.29, 0.717) is 5.41 Å². The van der Waals surface area contributed by atoms with E-state index in [4.69, 9.17) is 4.74 Å². The predicted molar refractivity (Wildman–Crippen MR) is 108 cm³/mol. The summed E-state index contributed by atoms with van der Waals surface area (Å²) in [6, 6.07) is 9.37. The van der Waals surface area contributed by atoms with E-state index in [1.807, 2.05) is 0 Å². The lowest BCUT2D eigenvalue weighted by atomic mass is 9.86. The maximum Gasteiger partial charge on any atom is 0.0600 e. The Morgan fingerprint density at radius 3 is 2.00 bits per heavy atom. The van der Waals surface area contributed by atoms with E-state index in [-0.39, 0.29) is 5.60 Å². The number of benzene rings is 1. The summed E-state index contributed by atoms with van der Waals surface area (Å²) in [5.41, 5.74) is 3.32. The smallest absolute Gasteiger partial charge is 0.0600 e. The summed E-state index contributed by atoms with van der Waals surface area (Å²) in [4.78, 5) is 2.56. The summed E-state index contributed by atoms with van der Waals surface area (Å²) in [7, 11) is 0. The number of rotatable bonds is 6. The Morgan fingerprint density at radius 1 is 0.920 bits per heavy atom. The number of piperidine rings is 1. The van der Waals surface area contributed by atoms with Gasteiger partial charge in [0.2, 0.25) is 0 Å². The van der Waals surface area contributed by atoms with Gasteiger partial charge in [-0.1, -0.05) is 45.0 Å². The molecule has 0 N–H and O–H groups in total. The van der Waals surface area contributed by atoms with Crippen LogP contribution in [0.3, 0.4) is 0 Å². The summed E-state index contributed by atoms with van der Waals surface area (Å²) >= 11 is 0. The molecule has 142 valence electrons. The van der Waals surface area contributed by atoms with Gasteiger partial charge in [-0.2, -0.15) is 0 Å². The van der Waals surface area contributed by atoms with Crippen LogP contribution >= 0.6 is 0 Å². The zero-order valence-electron chi connectivity index (χ0n) is 17.4. The molecular formula is C23H39NO. The molecule has 1 heterocycles. The third-order valence-electron chi connectivity index (χ3n) is 4.93. The lowest BCUT2D eigenvalue weighted by Crippen LogP contribution is -2.37. The van der Waals surface area contributed by atoms with Gasteiger partial charge in [-0.15, -0.1) is 0 Å². The van der Waals surface area contributed by atoms with Crippen LogP contribution in [0.4, 0.5) is 0 Å². The van der Waals surface area contributed by atoms with E-state index in [0.717, 1.165) is 25.5 Å². The molecule has 25 heavy (non-hydrogen) atoms. The van der Waals surface area contributed by atoms with E-state index in [9.17, 15) is 0 Å². The molecule has 0 amide bonds. The lowest BCUT2D eigenvalue weighted by molar-refractivity contribution is -0.0161. The van der Waals surface area contributed by atoms with E-state index < -0.39 is 0 Å². The lowest BCUT2D eigenvalue weighted by Gasteiger charge is -2.32. The van der Waals surface area contributed by atoms with Gasteiger partial charge >= 0.3 is 0 Å². The molecule has 2 nitrogen and oxygen atoms in total. The zero-order valence-corrected chi connectivity index (χ0v) is 17.4. The highest BCUT2D eigenvalue weighted by molar-refractivity contribution is 5.23. The van der Waals surface area contributed by atoms with Gasteiger partial charge in [-0.05, 0) is 82.0 Å². The monoisotopic (exact) mass is 345 g/mol. The molecule has 0 bridgehead atoms. The first kappa shape index (κ1) is 20.5. The molecule has 0 unspecified atom stereocenters. The zero-order chi connectivity index (χ0) is 18.5. The van der Waals surface area contributed by atoms with Crippen molar-refractivity contribution in [1.82, 2.24) is 4.90 Å². The number of ether oxygens (including phenoxy) is 1. The van der Waals surface area contributed by atoms with Crippen LogP contribution in [0.5, 0.6) is 0 Å². The fourth-order valence-corrected chi connectivity index (χ4v) is 3.63. The van der Waals surface area contributed by atoms with Gasteiger partial charge < -0.3 is 9.64 Å². The number of likely N-dealkylation sites (tertiary alicyclic amines) is 1. The first-order chi connectivity index (χ1) is 11.6. The molecule has 0 spiro atoms. The van der Waals surface area contributed by atoms with Crippen molar-refractivity contribution in [1.29, 1.82) is 0 Å². The average molecular weight is 346 g/mol. The maximum atomic E-state index is 5.86. The number of hydrogen-bond donors (Lipinski definition) is 0. The molecule has 0 radical (unpaired) electrons. The largest absolute Gasteiger partial charge is 0.375 e. The highest BCUT2D eigenvalue weighted by Gasteiger charge is 2.20. The second-order valence-corrected chi connectivity index (χ2v) is 10.0. The Labute approximate surface area is 156 Å². The summed E-state index contributed by atoms with van der Waals surface area (Å²) in [5, 5.41) is 0. The normalized spacial score (nSPS) is 17.8. The minimum Gasteiger partial charge on any atom is -0.375 e. The minimum absolute atomic E-state index is 0.0164. The Hall–Kier alpha value is -0.860. The van der Waals surface area contributed by atoms with E-state index in [2.05, 4.69) is 70.7 Å². The SMILES string of the molecule is CC(C)(C)Cc1ccc(CC2CCN(CCOC(C)(C)C)CC2)cc1. The first-order valence-corrected chi connectivity index (χ1v) is 10.0. The maximum absolute atomic E-state index is 5.86. The fourth-order valence-electron chi connectivity index (χ4n) is 3.63. The van der Waals surface area contributed by atoms with Gasteiger partial charge in [-0.25, -0.2) is 0 Å². The van der Waals surface area contributed by atoms with Crippen molar-refractivity contribution in [3.8, 4) is 0 Å². The van der Waals surface area contributed by atoms with Crippen LogP contribution in [0.25, 0.3) is 0 Å². The van der Waals surface area contributed by atoms with Crippen LogP contribution in [0.1, 0.15) is 65.5 Å². The minimum atomic E-state index is -0.0164. The Morgan fingerprint density at radius 2 is 1.48 bits per heavy atom. The average Bonchev–Trinajstić information content (AvgIpc) is 2.48. The Kier molecular flexibility index (Phi) is 7.10. The Bertz CT molecular complexity index is 498. The topological polar surface area (TPSA) is 12.5 Å². The molecule has 0 aliphatic carbocycles. The summed E-state index contributed by atoms with van der Waals surface area (Å²) in [6.45, 7) is 17.7. The third-order valence-corrected chi connectivity index (χ3v) is 4.93. The Balaban J connectivity index is 1.71. The van der Waals surface area contributed by atoms with Crippen molar-refractivity contribution >= 4 is 0 Å². The molecule has 0 aromatic heterocycles. The van der Waals surface area contributed by atoms with E-state index in [1.165, 1.54) is 43.5 Å². The molecule has 1 aromatic rings. The fraction of sp³-hybridized carbons (Fsp3) is 0.739. The summed E-state index contributed by atoms with van der Waals surface area (Å²) in [6.07, 6.45) is 5.03. The quantitative estimate of drug-likeness (QED) is 0.689. The second-order valence-electron chi connectivity index (χ2n) is 10.0. The van der Waals surface area contributed by atoms with Crippen molar-refractivity contribution in [2.45, 2.75) is 72.8 Å². The van der Waals surface area contributed by atoms with E-state index >= 15 is 0 Å². The van der Waals surface area contributed by atoms with Crippen molar-refractivity contribution in [2.75, 3.05) is 26.2 Å². The molecule has 0 saturated carbocycles. The van der Waals surface area contributed by atoms with Crippen molar-refractivity contribution < 1.29 is 4.74 Å². The predicted octanol–water partition coefficient (Wildman–Crippen LogP) is 5.34. The van der Waals surface area contributed by atoms with Crippen LogP contribution in [0.15, 0.2) is 24.3 Å². The molecule has 1 aromatic carbocycles. The number of nitrogens with zero attached hydrogens (tertiary/aromatic N) is 1. The van der Waals surface area contributed by atoms with Crippen molar-refractivity contribution in [2.24, 2.45) is 11.3 Å². The number of hydrogen-bond acceptors (Lipinski definition) is 2. The molecule has 1 fully saturated rings. The van der Waals surface area contributed by atoms with Gasteiger partial charge in [-0.3, -0.25) is 0 Å². The van der Waals surface area contributed by atoms with Gasteiger partial charge in [0.25, 0.3) is 0 Å². The summed E-state index contributed by atoms with van der Waals surface area (Å²) < 4.78 is 5.86. The molecule has 0 atom stereocenters. The van der Waals surface area contributed by atoms with Gasteiger partial charge in [0.15, 0.2) is 0 Å². The van der Waals surface area contributed by atoms with Crippen LogP contribution in [-0.2, 0) is 17.6 Å². The van der Waals surface area contributed by atoms with Crippen molar-refractivity contribution in [3.63, 3.8) is 0 Å². The molecule has 1 saturated heterocycles. The first-order valence-electron chi connectivity index (χ1n) is 10.0. The standard InChI is InChI=1S/C23H39NO/c1-22(2,3)18-21-9-7-19(8-10-21)17-20-11-13-24(14-12-20)15-16-25-23(4,5)6/h7-10,20H,11-18H2,1-6H3. The highest BCUT2D eigenvalue weighted by atomic mass is 16.5. The molecule has 2 heteroatoms. The van der Waals surface area contributed by atoms with Gasteiger partial charge in [0, 0.05) is 6.54 Å². The molecule has 1 aliphatic heterocycles. The second kappa shape index (κ2) is 8.68. The molecule has 2 rings (SSSR count). The van der Waals surface area contributed by atoms with Crippen LogP contribution < -0.4 is 0 Å². The summed E-state index contributed by atoms with van der Waals surface area (Å²) in [5.74, 6) is 0.841. The van der Waals surface area contributed by atoms with Gasteiger partial charge in [0.05, 0.1) is 12.2 Å². The van der Waals surface area contributed by atoms with Gasteiger partial charge in [0.1, 0.15) is 0 Å². The molecular weight excluding hydrogens is 306 g/mol. The van der Waals surface area contributed by atoms with E-state index in [1.54, 1.807) is 0 Å². The highest BCUT2D eigenvalue weighted by Crippen LogP contribution is 2.24. The van der Waals surface area contributed by atoms with Crippen LogP contribution in [0, 0.1) is 11.3 Å². The van der Waals surface area contributed by atoms with Crippen LogP contribution in [-0.4, -0.2) is 36.7 Å². The molecule has 1 aliphatic rings.